The van der Waals surface area contributed by atoms with Gasteiger partial charge in [-0.15, -0.1) is 0 Å². The van der Waals surface area contributed by atoms with Crippen LogP contribution >= 0.6 is 11.6 Å². The number of halogens is 1. The molecule has 0 aliphatic carbocycles. The smallest absolute Gasteiger partial charge is 0.255 e. The summed E-state index contributed by atoms with van der Waals surface area (Å²) in [5.41, 5.74) is 2.39. The number of ether oxygens (including phenoxy) is 1. The third-order valence-corrected chi connectivity index (χ3v) is 6.09. The summed E-state index contributed by atoms with van der Waals surface area (Å²) in [6.07, 6.45) is 0.374. The molecule has 178 valence electrons. The number of hydrogen-bond acceptors (Lipinski definition) is 5. The molecule has 0 aromatic heterocycles. The summed E-state index contributed by atoms with van der Waals surface area (Å²) >= 11 is 5.97. The molecular formula is C27H30ClN3O3. The number of benzene rings is 3. The van der Waals surface area contributed by atoms with Gasteiger partial charge in [-0.05, 0) is 48.4 Å². The van der Waals surface area contributed by atoms with Gasteiger partial charge in [-0.1, -0.05) is 54.1 Å². The molecule has 0 radical (unpaired) electrons. The number of nitrogens with one attached hydrogen (secondary N) is 2. The number of carbonyl (C=O) groups excluding carboxylic acids is 1. The van der Waals surface area contributed by atoms with E-state index < -0.39 is 6.10 Å². The minimum atomic E-state index is -0.664. The number of carbonyl (C=O) groups is 1. The van der Waals surface area contributed by atoms with Crippen LogP contribution in [0.15, 0.2) is 78.9 Å². The monoisotopic (exact) mass is 479 g/mol. The minimum absolute atomic E-state index is 0.131. The summed E-state index contributed by atoms with van der Waals surface area (Å²) in [4.78, 5) is 14.9. The number of aliphatic hydroxyl groups is 1. The molecule has 3 N–H and O–H groups in total. The average molecular weight is 480 g/mol. The van der Waals surface area contributed by atoms with Crippen LogP contribution in [-0.4, -0.2) is 54.3 Å². The molecule has 7 heteroatoms. The summed E-state index contributed by atoms with van der Waals surface area (Å²) in [6, 6.07) is 24.6. The van der Waals surface area contributed by atoms with E-state index in [-0.39, 0.29) is 12.5 Å². The van der Waals surface area contributed by atoms with Crippen molar-refractivity contribution in [1.82, 2.24) is 10.2 Å². The molecule has 1 saturated heterocycles. The summed E-state index contributed by atoms with van der Waals surface area (Å²) in [5.74, 6) is 0.323. The lowest BCUT2D eigenvalue weighted by molar-refractivity contribution is 0.101. The van der Waals surface area contributed by atoms with Crippen LogP contribution in [0.2, 0.25) is 5.02 Å². The number of hydrogen-bond donors (Lipinski definition) is 3. The molecule has 0 bridgehead atoms. The molecule has 4 rings (SSSR count). The van der Waals surface area contributed by atoms with E-state index in [9.17, 15) is 9.90 Å². The molecule has 3 aromatic rings. The maximum absolute atomic E-state index is 12.5. The molecule has 34 heavy (non-hydrogen) atoms. The van der Waals surface area contributed by atoms with Gasteiger partial charge in [0, 0.05) is 42.8 Å². The molecule has 1 aliphatic heterocycles. The van der Waals surface area contributed by atoms with Crippen LogP contribution < -0.4 is 15.4 Å². The predicted molar refractivity (Wildman–Crippen MR) is 135 cm³/mol. The van der Waals surface area contributed by atoms with Crippen LogP contribution in [-0.2, 0) is 6.54 Å². The Hall–Kier alpha value is -2.90. The average Bonchev–Trinajstić information content (AvgIpc) is 3.31. The zero-order valence-corrected chi connectivity index (χ0v) is 19.7. The van der Waals surface area contributed by atoms with Crippen LogP contribution in [0.3, 0.4) is 0 Å². The quantitative estimate of drug-likeness (QED) is 0.406. The first kappa shape index (κ1) is 24.2. The molecule has 0 spiro atoms. The molecule has 1 fully saturated rings. The van der Waals surface area contributed by atoms with Crippen molar-refractivity contribution in [2.75, 3.05) is 31.6 Å². The summed E-state index contributed by atoms with van der Waals surface area (Å²) < 4.78 is 5.83. The molecule has 1 heterocycles. The Morgan fingerprint density at radius 1 is 1.06 bits per heavy atom. The fourth-order valence-corrected chi connectivity index (χ4v) is 4.14. The van der Waals surface area contributed by atoms with Gasteiger partial charge in [-0.2, -0.15) is 0 Å². The van der Waals surface area contributed by atoms with E-state index in [0.717, 1.165) is 31.1 Å². The van der Waals surface area contributed by atoms with E-state index in [0.29, 0.717) is 29.6 Å². The van der Waals surface area contributed by atoms with Gasteiger partial charge in [0.15, 0.2) is 0 Å². The summed E-state index contributed by atoms with van der Waals surface area (Å²) in [7, 11) is 0. The van der Waals surface area contributed by atoms with Gasteiger partial charge in [0.05, 0.1) is 5.69 Å². The summed E-state index contributed by atoms with van der Waals surface area (Å²) in [6.45, 7) is 3.42. The van der Waals surface area contributed by atoms with Crippen LogP contribution in [0.4, 0.5) is 5.69 Å². The lowest BCUT2D eigenvalue weighted by Gasteiger charge is -2.19. The highest BCUT2D eigenvalue weighted by Crippen LogP contribution is 2.24. The highest BCUT2D eigenvalue weighted by Gasteiger charge is 2.23. The SMILES string of the molecule is O=C(Nc1ccccc1OCC(O)CN[C@H]1CCN(Cc2ccc(Cl)cc2)C1)c1ccccc1. The van der Waals surface area contributed by atoms with Crippen molar-refractivity contribution in [2.24, 2.45) is 0 Å². The Morgan fingerprint density at radius 2 is 1.79 bits per heavy atom. The Morgan fingerprint density at radius 3 is 2.59 bits per heavy atom. The van der Waals surface area contributed by atoms with E-state index in [2.05, 4.69) is 27.7 Å². The first-order valence-corrected chi connectivity index (χ1v) is 11.9. The minimum Gasteiger partial charge on any atom is -0.489 e. The fraction of sp³-hybridized carbons (Fsp3) is 0.296. The van der Waals surface area contributed by atoms with Gasteiger partial charge in [-0.25, -0.2) is 0 Å². The maximum Gasteiger partial charge on any atom is 0.255 e. The molecule has 1 aliphatic rings. The predicted octanol–water partition coefficient (Wildman–Crippen LogP) is 4.20. The zero-order valence-electron chi connectivity index (χ0n) is 19.0. The van der Waals surface area contributed by atoms with E-state index in [4.69, 9.17) is 16.3 Å². The Kier molecular flexibility index (Phi) is 8.55. The molecule has 1 amide bonds. The van der Waals surface area contributed by atoms with Gasteiger partial charge in [0.2, 0.25) is 0 Å². The number of amides is 1. The second kappa shape index (κ2) is 12.0. The van der Waals surface area contributed by atoms with Gasteiger partial charge in [0.1, 0.15) is 18.5 Å². The van der Waals surface area contributed by atoms with Crippen molar-refractivity contribution < 1.29 is 14.6 Å². The van der Waals surface area contributed by atoms with Gasteiger partial charge >= 0.3 is 0 Å². The van der Waals surface area contributed by atoms with Crippen molar-refractivity contribution in [1.29, 1.82) is 0 Å². The Balaban J connectivity index is 1.21. The maximum atomic E-state index is 12.5. The number of likely N-dealkylation sites (tertiary alicyclic amines) is 1. The topological polar surface area (TPSA) is 73.8 Å². The lowest BCUT2D eigenvalue weighted by Crippen LogP contribution is -2.39. The first-order chi connectivity index (χ1) is 16.6. The van der Waals surface area contributed by atoms with Crippen molar-refractivity contribution in [3.8, 4) is 5.75 Å². The molecule has 3 aromatic carbocycles. The van der Waals surface area contributed by atoms with Crippen molar-refractivity contribution >= 4 is 23.2 Å². The third kappa shape index (κ3) is 7.05. The zero-order chi connectivity index (χ0) is 23.8. The Bertz CT molecular complexity index is 1060. The van der Waals surface area contributed by atoms with Crippen LogP contribution in [0.5, 0.6) is 5.75 Å². The largest absolute Gasteiger partial charge is 0.489 e. The Labute approximate surface area is 205 Å². The molecule has 6 nitrogen and oxygen atoms in total. The highest BCUT2D eigenvalue weighted by molar-refractivity contribution is 6.30. The van der Waals surface area contributed by atoms with Gasteiger partial charge < -0.3 is 20.5 Å². The van der Waals surface area contributed by atoms with E-state index in [1.54, 1.807) is 24.3 Å². The van der Waals surface area contributed by atoms with Crippen LogP contribution in [0.1, 0.15) is 22.3 Å². The third-order valence-electron chi connectivity index (χ3n) is 5.84. The van der Waals surface area contributed by atoms with Crippen LogP contribution in [0.25, 0.3) is 0 Å². The first-order valence-electron chi connectivity index (χ1n) is 11.5. The summed E-state index contributed by atoms with van der Waals surface area (Å²) in [5, 5.41) is 17.5. The molecular weight excluding hydrogens is 450 g/mol. The van der Waals surface area contributed by atoms with Crippen LogP contribution in [0, 0.1) is 0 Å². The van der Waals surface area contributed by atoms with Gasteiger partial charge in [0.25, 0.3) is 5.91 Å². The highest BCUT2D eigenvalue weighted by atomic mass is 35.5. The van der Waals surface area contributed by atoms with Gasteiger partial charge in [-0.3, -0.25) is 9.69 Å². The van der Waals surface area contributed by atoms with E-state index >= 15 is 0 Å². The number of rotatable bonds is 10. The molecule has 1 unspecified atom stereocenters. The number of para-hydroxylation sites is 2. The number of aliphatic hydroxyl groups excluding tert-OH is 1. The van der Waals surface area contributed by atoms with Crippen molar-refractivity contribution in [3.05, 3.63) is 95.0 Å². The number of anilines is 1. The fourth-order valence-electron chi connectivity index (χ4n) is 4.02. The van der Waals surface area contributed by atoms with Crippen molar-refractivity contribution in [2.45, 2.75) is 25.1 Å². The second-order valence-corrected chi connectivity index (χ2v) is 8.97. The standard InChI is InChI=1S/C27H30ClN3O3/c28-22-12-10-20(11-13-22)17-31-15-14-23(18-31)29-16-24(32)19-34-26-9-5-4-8-25(26)30-27(33)21-6-2-1-3-7-21/h1-13,23-24,29,32H,14-19H2,(H,30,33)/t23-,24?/m0/s1. The molecule has 2 atom stereocenters. The van der Waals surface area contributed by atoms with E-state index in [1.165, 1.54) is 5.56 Å². The normalized spacial score (nSPS) is 16.8. The second-order valence-electron chi connectivity index (χ2n) is 8.54. The van der Waals surface area contributed by atoms with Crippen molar-refractivity contribution in [3.63, 3.8) is 0 Å². The molecule has 0 saturated carbocycles. The van der Waals surface area contributed by atoms with E-state index in [1.807, 2.05) is 42.5 Å². The lowest BCUT2D eigenvalue weighted by atomic mass is 10.2. The number of nitrogens with zero attached hydrogens (tertiary/aromatic N) is 1.